The van der Waals surface area contributed by atoms with Crippen molar-refractivity contribution in [2.45, 2.75) is 13.8 Å². The van der Waals surface area contributed by atoms with Gasteiger partial charge in [-0.1, -0.05) is 13.8 Å². The highest BCUT2D eigenvalue weighted by Crippen LogP contribution is 2.09. The van der Waals surface area contributed by atoms with E-state index in [1.54, 1.807) is 0 Å². The van der Waals surface area contributed by atoms with Gasteiger partial charge in [-0.3, -0.25) is 0 Å². The zero-order chi connectivity index (χ0) is 6.69. The Kier molecular flexibility index (Phi) is 2.49. The van der Waals surface area contributed by atoms with Crippen molar-refractivity contribution in [1.82, 2.24) is 10.6 Å². The largest absolute Gasteiger partial charge is 0.304 e. The van der Waals surface area contributed by atoms with E-state index in [0.29, 0.717) is 0 Å². The van der Waals surface area contributed by atoms with E-state index < -0.39 is 0 Å². The summed E-state index contributed by atoms with van der Waals surface area (Å²) in [5.74, 6) is 1.64. The first-order chi connectivity index (χ1) is 4.30. The van der Waals surface area contributed by atoms with Crippen molar-refractivity contribution in [3.05, 3.63) is 0 Å². The molecule has 2 nitrogen and oxygen atoms in total. The fourth-order valence-corrected chi connectivity index (χ4v) is 1.15. The van der Waals surface area contributed by atoms with E-state index >= 15 is 0 Å². The van der Waals surface area contributed by atoms with Crippen LogP contribution in [0, 0.1) is 11.8 Å². The predicted molar refractivity (Wildman–Crippen MR) is 39.2 cm³/mol. The maximum Gasteiger partial charge on any atom is 0.0454 e. The third kappa shape index (κ3) is 1.95. The molecule has 1 rings (SSSR count). The Morgan fingerprint density at radius 3 is 2.11 bits per heavy atom. The first kappa shape index (κ1) is 7.03. The van der Waals surface area contributed by atoms with Crippen molar-refractivity contribution in [1.29, 1.82) is 0 Å². The molecule has 1 heterocycles. The topological polar surface area (TPSA) is 24.1 Å². The summed E-state index contributed by atoms with van der Waals surface area (Å²) in [6.45, 7) is 7.91. The number of nitrogens with one attached hydrogen (secondary N) is 2. The molecule has 2 N–H and O–H groups in total. The van der Waals surface area contributed by atoms with E-state index in [2.05, 4.69) is 24.5 Å². The third-order valence-electron chi connectivity index (χ3n) is 2.01. The molecule has 0 atom stereocenters. The van der Waals surface area contributed by atoms with Gasteiger partial charge in [0, 0.05) is 19.8 Å². The minimum Gasteiger partial charge on any atom is -0.304 e. The van der Waals surface area contributed by atoms with Gasteiger partial charge in [-0.2, -0.15) is 0 Å². The molecule has 2 heteroatoms. The summed E-state index contributed by atoms with van der Waals surface area (Å²) >= 11 is 0. The van der Waals surface area contributed by atoms with Gasteiger partial charge in [-0.25, -0.2) is 0 Å². The summed E-state index contributed by atoms with van der Waals surface area (Å²) in [6, 6.07) is 0. The average molecular weight is 128 g/mol. The zero-order valence-electron chi connectivity index (χ0n) is 6.28. The van der Waals surface area contributed by atoms with Crippen molar-refractivity contribution in [3.63, 3.8) is 0 Å². The van der Waals surface area contributed by atoms with Gasteiger partial charge >= 0.3 is 0 Å². The normalized spacial score (nSPS) is 23.0. The quantitative estimate of drug-likeness (QED) is 0.534. The van der Waals surface area contributed by atoms with Crippen LogP contribution in [0.4, 0.5) is 0 Å². The van der Waals surface area contributed by atoms with Crippen molar-refractivity contribution >= 4 is 0 Å². The summed E-state index contributed by atoms with van der Waals surface area (Å²) in [7, 11) is 0. The molecule has 0 unspecified atom stereocenters. The second-order valence-electron chi connectivity index (χ2n) is 3.09. The van der Waals surface area contributed by atoms with Gasteiger partial charge in [-0.05, 0) is 11.8 Å². The molecule has 0 amide bonds. The monoisotopic (exact) mass is 128 g/mol. The average Bonchev–Trinajstić information content (AvgIpc) is 1.90. The second-order valence-corrected chi connectivity index (χ2v) is 3.09. The van der Waals surface area contributed by atoms with Gasteiger partial charge in [0.05, 0.1) is 0 Å². The Morgan fingerprint density at radius 1 is 1.22 bits per heavy atom. The molecule has 0 aromatic rings. The van der Waals surface area contributed by atoms with Crippen LogP contribution in [0.2, 0.25) is 0 Å². The van der Waals surface area contributed by atoms with E-state index in [4.69, 9.17) is 0 Å². The standard InChI is InChI=1S/C7H16N2/c1-6(2)7-3-8-5-9-4-7/h6-9H,3-5H2,1-2H3. The highest BCUT2D eigenvalue weighted by molar-refractivity contribution is 4.71. The number of hydrogen-bond acceptors (Lipinski definition) is 2. The van der Waals surface area contributed by atoms with E-state index in [1.165, 1.54) is 13.1 Å². The van der Waals surface area contributed by atoms with Crippen molar-refractivity contribution < 1.29 is 0 Å². The third-order valence-corrected chi connectivity index (χ3v) is 2.01. The van der Waals surface area contributed by atoms with Crippen LogP contribution >= 0.6 is 0 Å². The fourth-order valence-electron chi connectivity index (χ4n) is 1.15. The lowest BCUT2D eigenvalue weighted by atomic mass is 9.95. The highest BCUT2D eigenvalue weighted by Gasteiger charge is 2.14. The lowest BCUT2D eigenvalue weighted by Gasteiger charge is -2.26. The fraction of sp³-hybridized carbons (Fsp3) is 1.00. The van der Waals surface area contributed by atoms with Gasteiger partial charge in [0.25, 0.3) is 0 Å². The van der Waals surface area contributed by atoms with Crippen LogP contribution in [0.15, 0.2) is 0 Å². The Morgan fingerprint density at radius 2 is 1.78 bits per heavy atom. The van der Waals surface area contributed by atoms with E-state index in [0.717, 1.165) is 18.5 Å². The summed E-state index contributed by atoms with van der Waals surface area (Å²) < 4.78 is 0. The smallest absolute Gasteiger partial charge is 0.0454 e. The molecule has 54 valence electrons. The van der Waals surface area contributed by atoms with Crippen molar-refractivity contribution in [2.24, 2.45) is 11.8 Å². The molecule has 0 radical (unpaired) electrons. The van der Waals surface area contributed by atoms with Crippen LogP contribution in [0.5, 0.6) is 0 Å². The van der Waals surface area contributed by atoms with Gasteiger partial charge in [0.2, 0.25) is 0 Å². The molecule has 0 bridgehead atoms. The molecule has 1 fully saturated rings. The van der Waals surface area contributed by atoms with Crippen LogP contribution in [0.25, 0.3) is 0 Å². The Labute approximate surface area is 57.0 Å². The number of hydrogen-bond donors (Lipinski definition) is 2. The Balaban J connectivity index is 2.23. The number of rotatable bonds is 1. The summed E-state index contributed by atoms with van der Waals surface area (Å²) in [4.78, 5) is 0. The molecule has 1 aliphatic heterocycles. The van der Waals surface area contributed by atoms with Gasteiger partial charge in [-0.15, -0.1) is 0 Å². The first-order valence-electron chi connectivity index (χ1n) is 3.72. The maximum absolute atomic E-state index is 3.31. The van der Waals surface area contributed by atoms with Crippen LogP contribution < -0.4 is 10.6 Å². The molecule has 0 aromatic carbocycles. The van der Waals surface area contributed by atoms with Crippen LogP contribution in [-0.2, 0) is 0 Å². The predicted octanol–water partition coefficient (Wildman–Crippen LogP) is 0.409. The van der Waals surface area contributed by atoms with Gasteiger partial charge in [0.1, 0.15) is 0 Å². The first-order valence-corrected chi connectivity index (χ1v) is 3.72. The molecular weight excluding hydrogens is 112 g/mol. The molecule has 0 spiro atoms. The maximum atomic E-state index is 3.31. The van der Waals surface area contributed by atoms with E-state index in [1.807, 2.05) is 0 Å². The SMILES string of the molecule is CC(C)C1CNCNC1. The van der Waals surface area contributed by atoms with Crippen LogP contribution in [-0.4, -0.2) is 19.8 Å². The lowest BCUT2D eigenvalue weighted by Crippen LogP contribution is -2.45. The minimum absolute atomic E-state index is 0.810. The highest BCUT2D eigenvalue weighted by atomic mass is 15.1. The van der Waals surface area contributed by atoms with E-state index in [9.17, 15) is 0 Å². The van der Waals surface area contributed by atoms with Crippen LogP contribution in [0.1, 0.15) is 13.8 Å². The Hall–Kier alpha value is -0.0800. The van der Waals surface area contributed by atoms with Gasteiger partial charge in [0.15, 0.2) is 0 Å². The Bertz CT molecular complexity index is 75.0. The molecule has 9 heavy (non-hydrogen) atoms. The molecule has 0 saturated carbocycles. The molecule has 0 aliphatic carbocycles. The molecule has 1 aliphatic rings. The minimum atomic E-state index is 0.810. The lowest BCUT2D eigenvalue weighted by molar-refractivity contribution is 0.299. The van der Waals surface area contributed by atoms with Crippen molar-refractivity contribution in [2.75, 3.05) is 19.8 Å². The summed E-state index contributed by atoms with van der Waals surface area (Å²) in [5.41, 5.74) is 0. The summed E-state index contributed by atoms with van der Waals surface area (Å²) in [6.07, 6.45) is 0. The molecule has 1 saturated heterocycles. The summed E-state index contributed by atoms with van der Waals surface area (Å²) in [5, 5.41) is 6.61. The van der Waals surface area contributed by atoms with Crippen LogP contribution in [0.3, 0.4) is 0 Å². The van der Waals surface area contributed by atoms with Crippen molar-refractivity contribution in [3.8, 4) is 0 Å². The second kappa shape index (κ2) is 3.18. The molecule has 0 aromatic heterocycles. The van der Waals surface area contributed by atoms with Gasteiger partial charge < -0.3 is 10.6 Å². The van der Waals surface area contributed by atoms with E-state index in [-0.39, 0.29) is 0 Å². The molecular formula is C7H16N2. The zero-order valence-corrected chi connectivity index (χ0v) is 6.28.